The molecule has 0 unspecified atom stereocenters. The molecule has 0 fully saturated rings. The summed E-state index contributed by atoms with van der Waals surface area (Å²) in [6, 6.07) is -1.36. The van der Waals surface area contributed by atoms with E-state index in [1.165, 1.54) is 0 Å². The Bertz CT molecular complexity index is 151. The van der Waals surface area contributed by atoms with Crippen molar-refractivity contribution in [3.63, 3.8) is 0 Å². The van der Waals surface area contributed by atoms with Crippen LogP contribution in [0.15, 0.2) is 0 Å². The van der Waals surface area contributed by atoms with Gasteiger partial charge in [0.05, 0.1) is 25.4 Å². The minimum Gasteiger partial charge on any atom is -0.394 e. The van der Waals surface area contributed by atoms with E-state index in [0.29, 0.717) is 0 Å². The van der Waals surface area contributed by atoms with Gasteiger partial charge in [0.2, 0.25) is 0 Å². The minimum absolute atomic E-state index is 0.662. The number of carbonyl (C=O) groups excluding carboxylic acids is 1. The van der Waals surface area contributed by atoms with Gasteiger partial charge >= 0.3 is 0 Å². The zero-order chi connectivity index (χ0) is 9.72. The molecule has 0 aliphatic carbocycles. The van der Waals surface area contributed by atoms with Gasteiger partial charge in [0.1, 0.15) is 6.10 Å². The third-order valence-corrected chi connectivity index (χ3v) is 1.43. The van der Waals surface area contributed by atoms with Gasteiger partial charge in [-0.25, -0.2) is 0 Å². The highest BCUT2D eigenvalue weighted by molar-refractivity contribution is 5.88. The van der Waals surface area contributed by atoms with E-state index in [2.05, 4.69) is 0 Å². The van der Waals surface area contributed by atoms with Crippen LogP contribution in [0.2, 0.25) is 0 Å². The van der Waals surface area contributed by atoms with Crippen molar-refractivity contribution in [2.24, 2.45) is 5.73 Å². The van der Waals surface area contributed by atoms with Gasteiger partial charge in [-0.15, -0.1) is 0 Å². The molecule has 0 heterocycles. The highest BCUT2D eigenvalue weighted by Crippen LogP contribution is 1.95. The maximum Gasteiger partial charge on any atom is 0.182 e. The summed E-state index contributed by atoms with van der Waals surface area (Å²) in [6.07, 6.45) is -3.00. The van der Waals surface area contributed by atoms with Gasteiger partial charge in [-0.2, -0.15) is 0 Å². The molecular weight excluding hydrogens is 166 g/mol. The molecule has 12 heavy (non-hydrogen) atoms. The Morgan fingerprint density at radius 2 is 1.75 bits per heavy atom. The highest BCUT2D eigenvalue weighted by Gasteiger charge is 2.26. The van der Waals surface area contributed by atoms with E-state index in [-0.39, 0.29) is 0 Å². The Hall–Kier alpha value is -0.530. The van der Waals surface area contributed by atoms with Crippen LogP contribution in [0, 0.1) is 0 Å². The van der Waals surface area contributed by atoms with Crippen molar-refractivity contribution in [2.45, 2.75) is 18.2 Å². The second-order valence-electron chi connectivity index (χ2n) is 2.38. The number of hydrogen-bond donors (Lipinski definition) is 5. The largest absolute Gasteiger partial charge is 0.394 e. The van der Waals surface area contributed by atoms with E-state index >= 15 is 0 Å². The van der Waals surface area contributed by atoms with Crippen molar-refractivity contribution in [2.75, 3.05) is 13.2 Å². The van der Waals surface area contributed by atoms with Crippen molar-refractivity contribution in [1.82, 2.24) is 0 Å². The van der Waals surface area contributed by atoms with Gasteiger partial charge in [0.15, 0.2) is 5.78 Å². The summed E-state index contributed by atoms with van der Waals surface area (Å²) in [5.41, 5.74) is 5.12. The van der Waals surface area contributed by atoms with Crippen molar-refractivity contribution in [3.05, 3.63) is 0 Å². The van der Waals surface area contributed by atoms with E-state index in [9.17, 15) is 4.79 Å². The molecule has 3 atom stereocenters. The number of Topliss-reactive ketones (excluding diaryl/α,β-unsaturated/α-hetero) is 1. The molecule has 0 saturated heterocycles. The number of rotatable bonds is 5. The van der Waals surface area contributed by atoms with Crippen molar-refractivity contribution >= 4 is 5.78 Å². The Balaban J connectivity index is 4.09. The maximum atomic E-state index is 10.9. The highest BCUT2D eigenvalue weighted by atomic mass is 16.3. The summed E-state index contributed by atoms with van der Waals surface area (Å²) in [6.45, 7) is -1.41. The molecule has 0 amide bonds. The molecule has 0 spiro atoms. The van der Waals surface area contributed by atoms with Gasteiger partial charge in [0, 0.05) is 0 Å². The van der Waals surface area contributed by atoms with Gasteiger partial charge in [-0.1, -0.05) is 0 Å². The van der Waals surface area contributed by atoms with Crippen LogP contribution in [0.5, 0.6) is 0 Å². The summed E-state index contributed by atoms with van der Waals surface area (Å²) in [7, 11) is 0. The zero-order valence-electron chi connectivity index (χ0n) is 6.42. The molecule has 0 aromatic carbocycles. The van der Waals surface area contributed by atoms with E-state index in [0.717, 1.165) is 0 Å². The van der Waals surface area contributed by atoms with E-state index in [1.54, 1.807) is 0 Å². The lowest BCUT2D eigenvalue weighted by Crippen LogP contribution is -2.49. The average molecular weight is 179 g/mol. The van der Waals surface area contributed by atoms with Crippen LogP contribution in [-0.4, -0.2) is 57.7 Å². The lowest BCUT2D eigenvalue weighted by atomic mass is 10.0. The number of aliphatic hydroxyl groups excluding tert-OH is 4. The SMILES string of the molecule is N[C@@H](C(=O)[C@H](O)CO)[C@@H](O)CO. The van der Waals surface area contributed by atoms with Crippen LogP contribution in [0.4, 0.5) is 0 Å². The molecule has 6 nitrogen and oxygen atoms in total. The molecule has 0 bridgehead atoms. The first-order valence-electron chi connectivity index (χ1n) is 3.41. The number of aliphatic hydroxyl groups is 4. The van der Waals surface area contributed by atoms with Gasteiger partial charge < -0.3 is 26.2 Å². The lowest BCUT2D eigenvalue weighted by Gasteiger charge is -2.17. The van der Waals surface area contributed by atoms with Crippen LogP contribution in [-0.2, 0) is 4.79 Å². The van der Waals surface area contributed by atoms with E-state index in [1.807, 2.05) is 0 Å². The number of nitrogens with two attached hydrogens (primary N) is 1. The molecule has 0 aromatic heterocycles. The standard InChI is InChI=1S/C6H13NO5/c7-5(3(10)1-8)6(12)4(11)2-9/h3-5,8-11H,1-2,7H2/t3-,4+,5+/m0/s1. The van der Waals surface area contributed by atoms with Gasteiger partial charge in [0.25, 0.3) is 0 Å². The van der Waals surface area contributed by atoms with Crippen molar-refractivity contribution in [3.8, 4) is 0 Å². The van der Waals surface area contributed by atoms with E-state index < -0.39 is 37.2 Å². The lowest BCUT2D eigenvalue weighted by molar-refractivity contribution is -0.133. The molecule has 6 N–H and O–H groups in total. The quantitative estimate of drug-likeness (QED) is 0.299. The summed E-state index contributed by atoms with van der Waals surface area (Å²) >= 11 is 0. The normalized spacial score (nSPS) is 18.4. The first kappa shape index (κ1) is 11.5. The van der Waals surface area contributed by atoms with Crippen LogP contribution >= 0.6 is 0 Å². The molecule has 0 radical (unpaired) electrons. The summed E-state index contributed by atoms with van der Waals surface area (Å²) in [5, 5.41) is 34.3. The molecule has 0 rings (SSSR count). The molecule has 6 heteroatoms. The predicted octanol–water partition coefficient (Wildman–Crippen LogP) is -3.41. The Kier molecular flexibility index (Phi) is 4.95. The minimum atomic E-state index is -1.60. The molecule has 0 aliphatic heterocycles. The zero-order valence-corrected chi connectivity index (χ0v) is 6.42. The first-order valence-corrected chi connectivity index (χ1v) is 3.41. The monoisotopic (exact) mass is 179 g/mol. The summed E-state index contributed by atoms with van der Waals surface area (Å²) in [4.78, 5) is 10.9. The van der Waals surface area contributed by atoms with E-state index in [4.69, 9.17) is 26.2 Å². The second kappa shape index (κ2) is 5.18. The molecule has 72 valence electrons. The van der Waals surface area contributed by atoms with Gasteiger partial charge in [-0.05, 0) is 0 Å². The molecular formula is C6H13NO5. The fourth-order valence-electron chi connectivity index (χ4n) is 0.615. The summed E-state index contributed by atoms with van der Waals surface area (Å²) in [5.74, 6) is -0.890. The van der Waals surface area contributed by atoms with Crippen LogP contribution < -0.4 is 5.73 Å². The fourth-order valence-corrected chi connectivity index (χ4v) is 0.615. The third-order valence-electron chi connectivity index (χ3n) is 1.43. The number of carbonyl (C=O) groups is 1. The third kappa shape index (κ3) is 2.84. The Morgan fingerprint density at radius 1 is 1.25 bits per heavy atom. The number of hydrogen-bond acceptors (Lipinski definition) is 6. The smallest absolute Gasteiger partial charge is 0.182 e. The molecule has 0 aromatic rings. The van der Waals surface area contributed by atoms with Crippen LogP contribution in [0.1, 0.15) is 0 Å². The maximum absolute atomic E-state index is 10.9. The summed E-state index contributed by atoms with van der Waals surface area (Å²) < 4.78 is 0. The Labute approximate surface area is 69.2 Å². The number of ketones is 1. The van der Waals surface area contributed by atoms with Crippen LogP contribution in [0.3, 0.4) is 0 Å². The van der Waals surface area contributed by atoms with Crippen molar-refractivity contribution < 1.29 is 25.2 Å². The topological polar surface area (TPSA) is 124 Å². The van der Waals surface area contributed by atoms with Crippen LogP contribution in [0.25, 0.3) is 0 Å². The predicted molar refractivity (Wildman–Crippen MR) is 39.2 cm³/mol. The molecule has 0 aliphatic rings. The Morgan fingerprint density at radius 3 is 2.08 bits per heavy atom. The fraction of sp³-hybridized carbons (Fsp3) is 0.833. The first-order chi connectivity index (χ1) is 5.54. The average Bonchev–Trinajstić information content (AvgIpc) is 2.12. The van der Waals surface area contributed by atoms with Crippen molar-refractivity contribution in [1.29, 1.82) is 0 Å². The molecule has 0 saturated carbocycles. The van der Waals surface area contributed by atoms with Gasteiger partial charge in [-0.3, -0.25) is 4.79 Å². The second-order valence-corrected chi connectivity index (χ2v) is 2.38.